The summed E-state index contributed by atoms with van der Waals surface area (Å²) in [4.78, 5) is 28.5. The minimum atomic E-state index is -0.533. The van der Waals surface area contributed by atoms with E-state index >= 15 is 0 Å². The van der Waals surface area contributed by atoms with E-state index in [4.69, 9.17) is 23.2 Å². The predicted octanol–water partition coefficient (Wildman–Crippen LogP) is 4.21. The van der Waals surface area contributed by atoms with Gasteiger partial charge >= 0.3 is 0 Å². The molecule has 0 aliphatic rings. The van der Waals surface area contributed by atoms with Crippen LogP contribution in [0, 0.1) is 10.1 Å². The van der Waals surface area contributed by atoms with Crippen LogP contribution in [0.4, 0.5) is 5.69 Å². The van der Waals surface area contributed by atoms with Crippen molar-refractivity contribution in [2.24, 2.45) is 0 Å². The molecule has 2 aromatic rings. The number of amides is 1. The summed E-state index contributed by atoms with van der Waals surface area (Å²) in [5, 5.41) is 11.8. The zero-order valence-corrected chi connectivity index (χ0v) is 14.5. The smallest absolute Gasteiger partial charge is 0.294 e. The van der Waals surface area contributed by atoms with Crippen molar-refractivity contribution in [3.63, 3.8) is 0 Å². The van der Waals surface area contributed by atoms with Crippen molar-refractivity contribution in [1.29, 1.82) is 0 Å². The van der Waals surface area contributed by atoms with E-state index in [2.05, 4.69) is 4.98 Å². The summed E-state index contributed by atoms with van der Waals surface area (Å²) >= 11 is 14.1. The number of aromatic nitrogens is 1. The first-order chi connectivity index (χ1) is 10.3. The van der Waals surface area contributed by atoms with Crippen LogP contribution in [0.5, 0.6) is 0 Å². The summed E-state index contributed by atoms with van der Waals surface area (Å²) in [5.41, 5.74) is -0.149. The molecule has 0 saturated carbocycles. The first kappa shape index (κ1) is 17.0. The number of thiophene rings is 1. The molecule has 0 radical (unpaired) electrons. The summed E-state index contributed by atoms with van der Waals surface area (Å²) in [6.45, 7) is 0. The normalized spacial score (nSPS) is 10.5. The molecule has 0 unspecified atom stereocenters. The van der Waals surface area contributed by atoms with Crippen molar-refractivity contribution in [3.05, 3.63) is 43.5 Å². The van der Waals surface area contributed by atoms with E-state index in [1.165, 1.54) is 23.4 Å². The van der Waals surface area contributed by atoms with Gasteiger partial charge < -0.3 is 4.90 Å². The third-order valence-corrected chi connectivity index (χ3v) is 5.74. The van der Waals surface area contributed by atoms with Gasteiger partial charge in [0.1, 0.15) is 9.09 Å². The minimum absolute atomic E-state index is 0.149. The van der Waals surface area contributed by atoms with Gasteiger partial charge in [0, 0.05) is 32.6 Å². The molecule has 0 saturated heterocycles. The van der Waals surface area contributed by atoms with Gasteiger partial charge in [-0.2, -0.15) is 0 Å². The molecule has 2 rings (SSSR count). The topological polar surface area (TPSA) is 76.3 Å². The second kappa shape index (κ2) is 6.82. The third kappa shape index (κ3) is 3.52. The van der Waals surface area contributed by atoms with Gasteiger partial charge in [0.2, 0.25) is 0 Å². The van der Waals surface area contributed by atoms with Gasteiger partial charge in [-0.25, -0.2) is 0 Å². The Hall–Kier alpha value is -1.35. The summed E-state index contributed by atoms with van der Waals surface area (Å²) in [6.07, 6.45) is 2.81. The molecular weight excluding hydrogens is 369 g/mol. The Balaban J connectivity index is 2.46. The SMILES string of the molecule is CN(C)C(=O)c1cc([N+](=O)[O-])c(Sc2c(Cl)cncc2Cl)s1. The molecule has 2 aromatic heterocycles. The summed E-state index contributed by atoms with van der Waals surface area (Å²) in [7, 11) is 3.16. The number of hydrogen-bond donors (Lipinski definition) is 0. The van der Waals surface area contributed by atoms with Crippen molar-refractivity contribution in [3.8, 4) is 0 Å². The van der Waals surface area contributed by atoms with Crippen LogP contribution in [0.25, 0.3) is 0 Å². The van der Waals surface area contributed by atoms with Gasteiger partial charge in [-0.05, 0) is 0 Å². The zero-order chi connectivity index (χ0) is 16.4. The number of nitro groups is 1. The highest BCUT2D eigenvalue weighted by Gasteiger charge is 2.25. The van der Waals surface area contributed by atoms with E-state index < -0.39 is 4.92 Å². The van der Waals surface area contributed by atoms with Gasteiger partial charge in [-0.1, -0.05) is 35.0 Å². The van der Waals surface area contributed by atoms with E-state index in [-0.39, 0.29) is 16.5 Å². The summed E-state index contributed by atoms with van der Waals surface area (Å²) < 4.78 is 0.338. The summed E-state index contributed by atoms with van der Waals surface area (Å²) in [6, 6.07) is 1.26. The van der Waals surface area contributed by atoms with Crippen molar-refractivity contribution in [1.82, 2.24) is 9.88 Å². The lowest BCUT2D eigenvalue weighted by atomic mass is 10.4. The Morgan fingerprint density at radius 2 is 1.95 bits per heavy atom. The number of carbonyl (C=O) groups is 1. The minimum Gasteiger partial charge on any atom is -0.344 e. The lowest BCUT2D eigenvalue weighted by molar-refractivity contribution is -0.387. The van der Waals surface area contributed by atoms with E-state index in [1.54, 1.807) is 14.1 Å². The van der Waals surface area contributed by atoms with Crippen LogP contribution in [0.1, 0.15) is 9.67 Å². The van der Waals surface area contributed by atoms with Gasteiger partial charge in [-0.3, -0.25) is 19.9 Å². The lowest BCUT2D eigenvalue weighted by Crippen LogP contribution is -2.20. The highest BCUT2D eigenvalue weighted by Crippen LogP contribution is 2.45. The highest BCUT2D eigenvalue weighted by molar-refractivity contribution is 8.01. The Morgan fingerprint density at radius 1 is 1.36 bits per heavy atom. The monoisotopic (exact) mass is 377 g/mol. The Labute approximate surface area is 144 Å². The first-order valence-electron chi connectivity index (χ1n) is 5.78. The molecular formula is C12H9Cl2N3O3S2. The van der Waals surface area contributed by atoms with Gasteiger partial charge in [-0.15, -0.1) is 11.3 Å². The van der Waals surface area contributed by atoms with Crippen LogP contribution in [0.3, 0.4) is 0 Å². The zero-order valence-electron chi connectivity index (χ0n) is 11.4. The Morgan fingerprint density at radius 3 is 2.45 bits per heavy atom. The molecule has 10 heteroatoms. The molecule has 6 nitrogen and oxygen atoms in total. The average Bonchev–Trinajstić information content (AvgIpc) is 2.86. The number of halogens is 2. The fraction of sp³-hybridized carbons (Fsp3) is 0.167. The highest BCUT2D eigenvalue weighted by atomic mass is 35.5. The van der Waals surface area contributed by atoms with Crippen LogP contribution in [0.15, 0.2) is 27.6 Å². The fourth-order valence-electron chi connectivity index (χ4n) is 1.48. The number of pyridine rings is 1. The van der Waals surface area contributed by atoms with E-state index in [0.29, 0.717) is 19.1 Å². The van der Waals surface area contributed by atoms with Crippen LogP contribution < -0.4 is 0 Å². The third-order valence-electron chi connectivity index (χ3n) is 2.50. The molecule has 116 valence electrons. The molecule has 1 amide bonds. The van der Waals surface area contributed by atoms with Crippen LogP contribution in [-0.4, -0.2) is 34.8 Å². The molecule has 0 fully saturated rings. The van der Waals surface area contributed by atoms with Crippen molar-refractivity contribution in [2.75, 3.05) is 14.1 Å². The molecule has 0 spiro atoms. The average molecular weight is 378 g/mol. The summed E-state index contributed by atoms with van der Waals surface area (Å²) in [5.74, 6) is -0.299. The second-order valence-corrected chi connectivity index (χ2v) is 7.42. The second-order valence-electron chi connectivity index (χ2n) is 4.27. The number of carbonyl (C=O) groups excluding carboxylic acids is 1. The van der Waals surface area contributed by atoms with Crippen molar-refractivity contribution >= 4 is 57.9 Å². The first-order valence-corrected chi connectivity index (χ1v) is 8.17. The lowest BCUT2D eigenvalue weighted by Gasteiger charge is -2.06. The molecule has 2 heterocycles. The van der Waals surface area contributed by atoms with Crippen molar-refractivity contribution in [2.45, 2.75) is 9.10 Å². The molecule has 0 aliphatic carbocycles. The van der Waals surface area contributed by atoms with E-state index in [0.717, 1.165) is 23.1 Å². The molecule has 0 atom stereocenters. The maximum atomic E-state index is 12.0. The van der Waals surface area contributed by atoms with Gasteiger partial charge in [0.25, 0.3) is 11.6 Å². The predicted molar refractivity (Wildman–Crippen MR) is 87.4 cm³/mol. The standard InChI is InChI=1S/C12H9Cl2N3O3S2/c1-16(2)11(18)9-3-8(17(19)20)12(21-9)22-10-6(13)4-15-5-7(10)14/h3-5H,1-2H3. The number of nitrogens with zero attached hydrogens (tertiary/aromatic N) is 3. The van der Waals surface area contributed by atoms with Gasteiger partial charge in [0.15, 0.2) is 0 Å². The maximum Gasteiger partial charge on any atom is 0.294 e. The van der Waals surface area contributed by atoms with Crippen molar-refractivity contribution < 1.29 is 9.72 Å². The molecule has 0 aromatic carbocycles. The molecule has 22 heavy (non-hydrogen) atoms. The van der Waals surface area contributed by atoms with Gasteiger partial charge in [0.05, 0.1) is 19.9 Å². The molecule has 0 N–H and O–H groups in total. The maximum absolute atomic E-state index is 12.0. The van der Waals surface area contributed by atoms with E-state index in [9.17, 15) is 14.9 Å². The Kier molecular flexibility index (Phi) is 5.28. The Bertz CT molecular complexity index is 729. The number of hydrogen-bond acceptors (Lipinski definition) is 6. The largest absolute Gasteiger partial charge is 0.344 e. The molecule has 0 aliphatic heterocycles. The fourth-order valence-corrected chi connectivity index (χ4v) is 4.36. The quantitative estimate of drug-likeness (QED) is 0.588. The number of rotatable bonds is 4. The van der Waals surface area contributed by atoms with Crippen LogP contribution in [0.2, 0.25) is 10.0 Å². The van der Waals surface area contributed by atoms with E-state index in [1.807, 2.05) is 0 Å². The van der Waals surface area contributed by atoms with Crippen LogP contribution in [-0.2, 0) is 0 Å². The molecule has 0 bridgehead atoms. The van der Waals surface area contributed by atoms with Crippen LogP contribution >= 0.6 is 46.3 Å².